The van der Waals surface area contributed by atoms with Gasteiger partial charge in [-0.25, -0.2) is 4.98 Å². The maximum atomic E-state index is 11.3. The highest BCUT2D eigenvalue weighted by Gasteiger charge is 2.36. The molecule has 1 atom stereocenters. The molecular weight excluding hydrogens is 288 g/mol. The number of nitrogens with zero attached hydrogens (tertiary/aromatic N) is 2. The summed E-state index contributed by atoms with van der Waals surface area (Å²) in [5.74, 6) is 1.17. The van der Waals surface area contributed by atoms with Crippen LogP contribution < -0.4 is 0 Å². The predicted molar refractivity (Wildman–Crippen MR) is 92.1 cm³/mol. The highest BCUT2D eigenvalue weighted by molar-refractivity contribution is 5.28. The van der Waals surface area contributed by atoms with Crippen molar-refractivity contribution < 1.29 is 9.52 Å². The number of oxazole rings is 1. The fourth-order valence-electron chi connectivity index (χ4n) is 2.78. The molecule has 0 bridgehead atoms. The molecule has 4 nitrogen and oxygen atoms in total. The molecule has 1 aromatic carbocycles. The molecule has 0 aliphatic carbocycles. The van der Waals surface area contributed by atoms with E-state index in [4.69, 9.17) is 4.42 Å². The highest BCUT2D eigenvalue weighted by atomic mass is 16.4. The molecule has 0 radical (unpaired) electrons. The van der Waals surface area contributed by atoms with Gasteiger partial charge in [-0.2, -0.15) is 0 Å². The molecule has 4 heteroatoms. The second kappa shape index (κ2) is 8.27. The van der Waals surface area contributed by atoms with Crippen LogP contribution in [0.2, 0.25) is 0 Å². The van der Waals surface area contributed by atoms with E-state index in [1.807, 2.05) is 49.3 Å². The summed E-state index contributed by atoms with van der Waals surface area (Å²) < 4.78 is 5.87. The van der Waals surface area contributed by atoms with Crippen LogP contribution in [0.15, 0.2) is 40.9 Å². The second-order valence-corrected chi connectivity index (χ2v) is 6.41. The Morgan fingerprint density at radius 1 is 1.13 bits per heavy atom. The van der Waals surface area contributed by atoms with Crippen LogP contribution in [0.25, 0.3) is 0 Å². The third-order valence-corrected chi connectivity index (χ3v) is 4.02. The van der Waals surface area contributed by atoms with Gasteiger partial charge < -0.3 is 14.4 Å². The zero-order valence-electron chi connectivity index (χ0n) is 14.5. The normalized spacial score (nSPS) is 14.1. The lowest BCUT2D eigenvalue weighted by Crippen LogP contribution is -2.27. The van der Waals surface area contributed by atoms with Gasteiger partial charge in [0.2, 0.25) is 5.89 Å². The number of hydrogen-bond acceptors (Lipinski definition) is 4. The third kappa shape index (κ3) is 4.66. The van der Waals surface area contributed by atoms with E-state index in [-0.39, 0.29) is 0 Å². The van der Waals surface area contributed by atoms with Crippen LogP contribution in [-0.2, 0) is 12.1 Å². The molecule has 0 saturated carbocycles. The molecule has 2 aromatic rings. The van der Waals surface area contributed by atoms with Crippen LogP contribution in [0.1, 0.15) is 56.2 Å². The first-order valence-corrected chi connectivity index (χ1v) is 8.44. The molecular formula is C19H28N2O2. The van der Waals surface area contributed by atoms with Crippen molar-refractivity contribution in [1.82, 2.24) is 9.88 Å². The van der Waals surface area contributed by atoms with Gasteiger partial charge in [-0.05, 0) is 32.5 Å². The van der Waals surface area contributed by atoms with Crippen molar-refractivity contribution in [2.24, 2.45) is 0 Å². The minimum atomic E-state index is -1.15. The first kappa shape index (κ1) is 17.7. The van der Waals surface area contributed by atoms with Crippen LogP contribution in [-0.4, -0.2) is 29.1 Å². The van der Waals surface area contributed by atoms with Crippen LogP contribution in [0.4, 0.5) is 0 Å². The number of unbranched alkanes of at least 4 members (excludes halogenated alkanes) is 3. The molecule has 0 aliphatic heterocycles. The van der Waals surface area contributed by atoms with Gasteiger partial charge in [-0.15, -0.1) is 0 Å². The monoisotopic (exact) mass is 316 g/mol. The maximum Gasteiger partial charge on any atom is 0.231 e. The van der Waals surface area contributed by atoms with Crippen LogP contribution in [0, 0.1) is 0 Å². The largest absolute Gasteiger partial charge is 0.441 e. The lowest BCUT2D eigenvalue weighted by atomic mass is 9.88. The standard InChI is InChI=1S/C19H28N2O2/c1-4-5-6-10-13-19(22,16-11-8-7-9-12-16)18-20-14-17(23-18)15-21(2)3/h7-9,11-12,14,22H,4-6,10,13,15H2,1-3H3. The Balaban J connectivity index is 2.24. The highest BCUT2D eigenvalue weighted by Crippen LogP contribution is 2.34. The smallest absolute Gasteiger partial charge is 0.231 e. The quantitative estimate of drug-likeness (QED) is 0.712. The summed E-state index contributed by atoms with van der Waals surface area (Å²) in [5.41, 5.74) is -0.311. The van der Waals surface area contributed by atoms with Gasteiger partial charge in [0.1, 0.15) is 5.76 Å². The van der Waals surface area contributed by atoms with E-state index >= 15 is 0 Å². The Morgan fingerprint density at radius 3 is 2.52 bits per heavy atom. The molecule has 23 heavy (non-hydrogen) atoms. The molecule has 1 unspecified atom stereocenters. The summed E-state index contributed by atoms with van der Waals surface area (Å²) in [6, 6.07) is 9.71. The van der Waals surface area contributed by atoms with Crippen molar-refractivity contribution in [3.05, 3.63) is 53.7 Å². The first-order chi connectivity index (χ1) is 11.1. The second-order valence-electron chi connectivity index (χ2n) is 6.41. The minimum absolute atomic E-state index is 0.400. The zero-order chi connectivity index (χ0) is 16.7. The molecule has 1 N–H and O–H groups in total. The number of hydrogen-bond donors (Lipinski definition) is 1. The van der Waals surface area contributed by atoms with Gasteiger partial charge in [0, 0.05) is 0 Å². The number of benzene rings is 1. The Kier molecular flexibility index (Phi) is 6.37. The fraction of sp³-hybridized carbons (Fsp3) is 0.526. The van der Waals surface area contributed by atoms with Crippen molar-refractivity contribution in [2.45, 2.75) is 51.2 Å². The summed E-state index contributed by atoms with van der Waals surface area (Å²) in [7, 11) is 3.96. The summed E-state index contributed by atoms with van der Waals surface area (Å²) in [6.45, 7) is 2.86. The van der Waals surface area contributed by atoms with E-state index in [0.717, 1.165) is 24.2 Å². The molecule has 0 saturated heterocycles. The van der Waals surface area contributed by atoms with Crippen molar-refractivity contribution in [1.29, 1.82) is 0 Å². The molecule has 0 aliphatic rings. The van der Waals surface area contributed by atoms with E-state index in [0.29, 0.717) is 18.9 Å². The molecule has 0 spiro atoms. The van der Waals surface area contributed by atoms with Gasteiger partial charge in [-0.3, -0.25) is 0 Å². The Labute approximate surface area is 139 Å². The molecule has 1 heterocycles. The predicted octanol–water partition coefficient (Wildman–Crippen LogP) is 3.94. The zero-order valence-corrected chi connectivity index (χ0v) is 14.5. The van der Waals surface area contributed by atoms with Crippen molar-refractivity contribution >= 4 is 0 Å². The number of rotatable bonds is 9. The van der Waals surface area contributed by atoms with E-state index in [2.05, 4.69) is 11.9 Å². The van der Waals surface area contributed by atoms with Gasteiger partial charge in [0.05, 0.1) is 12.7 Å². The summed E-state index contributed by atoms with van der Waals surface area (Å²) in [6.07, 6.45) is 6.76. The van der Waals surface area contributed by atoms with Gasteiger partial charge in [0.15, 0.2) is 5.60 Å². The number of aliphatic hydroxyl groups is 1. The molecule has 0 amide bonds. The van der Waals surface area contributed by atoms with Gasteiger partial charge in [-0.1, -0.05) is 56.5 Å². The molecule has 0 fully saturated rings. The topological polar surface area (TPSA) is 49.5 Å². The van der Waals surface area contributed by atoms with Gasteiger partial charge >= 0.3 is 0 Å². The average molecular weight is 316 g/mol. The average Bonchev–Trinajstić information content (AvgIpc) is 3.00. The Hall–Kier alpha value is -1.65. The fourth-order valence-corrected chi connectivity index (χ4v) is 2.78. The van der Waals surface area contributed by atoms with Crippen LogP contribution in [0.3, 0.4) is 0 Å². The molecule has 1 aromatic heterocycles. The lowest BCUT2D eigenvalue weighted by molar-refractivity contribution is 0.0377. The van der Waals surface area contributed by atoms with E-state index in [1.54, 1.807) is 6.20 Å². The number of aromatic nitrogens is 1. The Bertz CT molecular complexity index is 580. The first-order valence-electron chi connectivity index (χ1n) is 8.44. The third-order valence-electron chi connectivity index (χ3n) is 4.02. The van der Waals surface area contributed by atoms with Gasteiger partial charge in [0.25, 0.3) is 0 Å². The summed E-state index contributed by atoms with van der Waals surface area (Å²) in [5, 5.41) is 11.3. The SMILES string of the molecule is CCCCCCC(O)(c1ccccc1)c1ncc(CN(C)C)o1. The van der Waals surface area contributed by atoms with Crippen LogP contribution >= 0.6 is 0 Å². The Morgan fingerprint density at radius 2 is 1.87 bits per heavy atom. The maximum absolute atomic E-state index is 11.3. The van der Waals surface area contributed by atoms with E-state index in [9.17, 15) is 5.11 Å². The molecule has 2 rings (SSSR count). The molecule has 126 valence electrons. The van der Waals surface area contributed by atoms with Crippen molar-refractivity contribution in [3.63, 3.8) is 0 Å². The summed E-state index contributed by atoms with van der Waals surface area (Å²) >= 11 is 0. The lowest BCUT2D eigenvalue weighted by Gasteiger charge is -2.25. The van der Waals surface area contributed by atoms with Crippen LogP contribution in [0.5, 0.6) is 0 Å². The summed E-state index contributed by atoms with van der Waals surface area (Å²) in [4.78, 5) is 6.39. The van der Waals surface area contributed by atoms with Crippen molar-refractivity contribution in [2.75, 3.05) is 14.1 Å². The minimum Gasteiger partial charge on any atom is -0.441 e. The van der Waals surface area contributed by atoms with E-state index < -0.39 is 5.60 Å². The van der Waals surface area contributed by atoms with Crippen molar-refractivity contribution in [3.8, 4) is 0 Å². The van der Waals surface area contributed by atoms with E-state index in [1.165, 1.54) is 12.8 Å².